The van der Waals surface area contributed by atoms with Crippen molar-refractivity contribution in [3.05, 3.63) is 12.2 Å². The molecule has 0 saturated carbocycles. The molecule has 29 heavy (non-hydrogen) atoms. The van der Waals surface area contributed by atoms with Crippen LogP contribution in [0.3, 0.4) is 0 Å². The third-order valence-corrected chi connectivity index (χ3v) is 7.93. The SMILES string of the molecule is CCCC/C=C\CCCCCCCCCCCCOP(=O)(O)C(CC)[N+](C)(C)C. The Morgan fingerprint density at radius 1 is 0.793 bits per heavy atom. The van der Waals surface area contributed by atoms with E-state index in [9.17, 15) is 9.46 Å². The molecule has 0 amide bonds. The fourth-order valence-electron chi connectivity index (χ4n) is 3.83. The summed E-state index contributed by atoms with van der Waals surface area (Å²) in [7, 11) is 2.31. The molecule has 4 nitrogen and oxygen atoms in total. The van der Waals surface area contributed by atoms with Gasteiger partial charge in [-0.2, -0.15) is 0 Å². The van der Waals surface area contributed by atoms with E-state index in [-0.39, 0.29) is 5.78 Å². The normalized spacial score (nSPS) is 15.7. The second kappa shape index (κ2) is 17.5. The van der Waals surface area contributed by atoms with Crippen LogP contribution in [-0.4, -0.2) is 42.9 Å². The van der Waals surface area contributed by atoms with E-state index in [2.05, 4.69) is 19.1 Å². The molecule has 1 N–H and O–H groups in total. The summed E-state index contributed by atoms with van der Waals surface area (Å²) in [6.07, 6.45) is 23.0. The van der Waals surface area contributed by atoms with Crippen molar-refractivity contribution in [3.8, 4) is 0 Å². The number of hydrogen-bond donors (Lipinski definition) is 1. The Kier molecular flexibility index (Phi) is 17.4. The van der Waals surface area contributed by atoms with Gasteiger partial charge in [0.25, 0.3) is 0 Å². The lowest BCUT2D eigenvalue weighted by Gasteiger charge is -2.35. The van der Waals surface area contributed by atoms with Gasteiger partial charge >= 0.3 is 7.60 Å². The van der Waals surface area contributed by atoms with Crippen molar-refractivity contribution >= 4 is 7.60 Å². The zero-order valence-corrected chi connectivity index (χ0v) is 21.1. The molecule has 0 fully saturated rings. The highest BCUT2D eigenvalue weighted by Crippen LogP contribution is 2.51. The van der Waals surface area contributed by atoms with Gasteiger partial charge in [0.1, 0.15) is 0 Å². The first kappa shape index (κ1) is 28.9. The Balaban J connectivity index is 3.50. The predicted octanol–water partition coefficient (Wildman–Crippen LogP) is 7.67. The van der Waals surface area contributed by atoms with Gasteiger partial charge in [-0.05, 0) is 25.7 Å². The molecule has 0 aromatic carbocycles. The fraction of sp³-hybridized carbons (Fsp3) is 0.917. The van der Waals surface area contributed by atoms with Crippen LogP contribution < -0.4 is 0 Å². The summed E-state index contributed by atoms with van der Waals surface area (Å²) >= 11 is 0. The topological polar surface area (TPSA) is 46.5 Å². The molecule has 0 saturated heterocycles. The van der Waals surface area contributed by atoms with Crippen molar-refractivity contribution in [2.24, 2.45) is 0 Å². The fourth-order valence-corrected chi connectivity index (χ4v) is 5.73. The number of allylic oxidation sites excluding steroid dienone is 2. The zero-order valence-electron chi connectivity index (χ0n) is 20.2. The van der Waals surface area contributed by atoms with Crippen molar-refractivity contribution in [1.29, 1.82) is 0 Å². The Bertz CT molecular complexity index is 446. The van der Waals surface area contributed by atoms with Crippen molar-refractivity contribution in [1.82, 2.24) is 0 Å². The van der Waals surface area contributed by atoms with E-state index in [0.717, 1.165) is 12.8 Å². The van der Waals surface area contributed by atoms with Gasteiger partial charge in [-0.3, -0.25) is 4.57 Å². The van der Waals surface area contributed by atoms with Crippen LogP contribution >= 0.6 is 7.60 Å². The standard InChI is InChI=1S/C24H50NO3P/c1-6-8-9-10-11-12-13-14-15-16-17-18-19-20-21-22-23-28-29(26,27)24(7-2)25(3,4)5/h10-11,24H,6-9,12-23H2,1-5H3/p+1/b11-10-. The second-order valence-electron chi connectivity index (χ2n) is 9.34. The molecule has 2 unspecified atom stereocenters. The quantitative estimate of drug-likeness (QED) is 0.0929. The first-order valence-electron chi connectivity index (χ1n) is 12.2. The van der Waals surface area contributed by atoms with E-state index >= 15 is 0 Å². The van der Waals surface area contributed by atoms with Crippen molar-refractivity contribution in [3.63, 3.8) is 0 Å². The molecule has 0 radical (unpaired) electrons. The lowest BCUT2D eigenvalue weighted by Crippen LogP contribution is -2.44. The van der Waals surface area contributed by atoms with Gasteiger partial charge in [0.2, 0.25) is 0 Å². The van der Waals surface area contributed by atoms with Crippen LogP contribution in [0.1, 0.15) is 110 Å². The molecule has 5 heteroatoms. The van der Waals surface area contributed by atoms with E-state index in [4.69, 9.17) is 4.52 Å². The van der Waals surface area contributed by atoms with Crippen LogP contribution in [0.25, 0.3) is 0 Å². The van der Waals surface area contributed by atoms with Crippen molar-refractivity contribution in [2.45, 2.75) is 116 Å². The number of quaternary nitrogens is 1. The maximum atomic E-state index is 12.5. The summed E-state index contributed by atoms with van der Waals surface area (Å²) in [5, 5.41) is 0. The molecular weight excluding hydrogens is 381 g/mol. The maximum absolute atomic E-state index is 12.5. The van der Waals surface area contributed by atoms with E-state index in [1.807, 2.05) is 28.1 Å². The molecule has 2 atom stereocenters. The Labute approximate surface area is 182 Å². The molecule has 0 aliphatic carbocycles. The van der Waals surface area contributed by atoms with Gasteiger partial charge in [-0.1, -0.05) is 90.2 Å². The molecular formula is C24H51NO3P+. The van der Waals surface area contributed by atoms with E-state index in [0.29, 0.717) is 17.5 Å². The second-order valence-corrected chi connectivity index (χ2v) is 11.3. The van der Waals surface area contributed by atoms with Crippen molar-refractivity contribution in [2.75, 3.05) is 27.7 Å². The van der Waals surface area contributed by atoms with Crippen LogP contribution in [0.2, 0.25) is 0 Å². The van der Waals surface area contributed by atoms with E-state index in [1.165, 1.54) is 77.0 Å². The highest BCUT2D eigenvalue weighted by Gasteiger charge is 2.41. The molecule has 0 bridgehead atoms. The summed E-state index contributed by atoms with van der Waals surface area (Å²) in [6, 6.07) is 0. The summed E-state index contributed by atoms with van der Waals surface area (Å²) < 4.78 is 18.3. The molecule has 0 aliphatic heterocycles. The van der Waals surface area contributed by atoms with E-state index < -0.39 is 7.60 Å². The Morgan fingerprint density at radius 2 is 1.24 bits per heavy atom. The van der Waals surface area contributed by atoms with Crippen LogP contribution in [0.4, 0.5) is 0 Å². The number of nitrogens with zero attached hydrogens (tertiary/aromatic N) is 1. The van der Waals surface area contributed by atoms with Crippen LogP contribution in [0.15, 0.2) is 12.2 Å². The maximum Gasteiger partial charge on any atom is 0.385 e. The monoisotopic (exact) mass is 432 g/mol. The number of hydrogen-bond acceptors (Lipinski definition) is 2. The van der Waals surface area contributed by atoms with Crippen molar-refractivity contribution < 1.29 is 18.5 Å². The van der Waals surface area contributed by atoms with Gasteiger partial charge in [0.15, 0.2) is 5.78 Å². The molecule has 0 heterocycles. The first-order chi connectivity index (χ1) is 13.8. The molecule has 0 aromatic rings. The van der Waals surface area contributed by atoms with E-state index in [1.54, 1.807) is 0 Å². The van der Waals surface area contributed by atoms with Gasteiger partial charge in [0, 0.05) is 6.42 Å². The number of unbranched alkanes of at least 4 members (excludes halogenated alkanes) is 12. The molecule has 0 rings (SSSR count). The van der Waals surface area contributed by atoms with Crippen LogP contribution in [0, 0.1) is 0 Å². The first-order valence-corrected chi connectivity index (χ1v) is 13.8. The summed E-state index contributed by atoms with van der Waals surface area (Å²) in [5.74, 6) is -0.348. The summed E-state index contributed by atoms with van der Waals surface area (Å²) in [5.41, 5.74) is 0. The van der Waals surface area contributed by atoms with Crippen LogP contribution in [0.5, 0.6) is 0 Å². The largest absolute Gasteiger partial charge is 0.385 e. The summed E-state index contributed by atoms with van der Waals surface area (Å²) in [4.78, 5) is 10.2. The molecule has 0 aromatic heterocycles. The molecule has 0 spiro atoms. The smallest absolute Gasteiger partial charge is 0.320 e. The average Bonchev–Trinajstić information content (AvgIpc) is 2.63. The highest BCUT2D eigenvalue weighted by molar-refractivity contribution is 7.53. The minimum atomic E-state index is -3.55. The Hall–Kier alpha value is -0.150. The van der Waals surface area contributed by atoms with Gasteiger partial charge in [0.05, 0.1) is 27.7 Å². The Morgan fingerprint density at radius 3 is 1.69 bits per heavy atom. The van der Waals surface area contributed by atoms with Crippen LogP contribution in [-0.2, 0) is 9.09 Å². The zero-order chi connectivity index (χ0) is 22.0. The molecule has 0 aliphatic rings. The minimum absolute atomic E-state index is 0.348. The minimum Gasteiger partial charge on any atom is -0.320 e. The van der Waals surface area contributed by atoms with Gasteiger partial charge in [-0.25, -0.2) is 0 Å². The third-order valence-electron chi connectivity index (χ3n) is 5.57. The lowest BCUT2D eigenvalue weighted by atomic mass is 10.1. The average molecular weight is 433 g/mol. The van der Waals surface area contributed by atoms with Gasteiger partial charge in [-0.15, -0.1) is 0 Å². The lowest BCUT2D eigenvalue weighted by molar-refractivity contribution is -0.883. The number of rotatable bonds is 20. The third kappa shape index (κ3) is 16.2. The highest BCUT2D eigenvalue weighted by atomic mass is 31.2. The predicted molar refractivity (Wildman–Crippen MR) is 127 cm³/mol. The van der Waals surface area contributed by atoms with Gasteiger partial charge < -0.3 is 13.9 Å². The molecule has 174 valence electrons. The summed E-state index contributed by atoms with van der Waals surface area (Å²) in [6.45, 7) is 4.59.